The van der Waals surface area contributed by atoms with Crippen molar-refractivity contribution < 1.29 is 0 Å². The lowest BCUT2D eigenvalue weighted by Gasteiger charge is -2.34. The molecule has 0 unspecified atom stereocenters. The molecule has 0 fully saturated rings. The zero-order chi connectivity index (χ0) is 45.5. The van der Waals surface area contributed by atoms with Gasteiger partial charge in [0.1, 0.15) is 0 Å². The van der Waals surface area contributed by atoms with Crippen molar-refractivity contribution >= 4 is 17.1 Å². The Hall–Kier alpha value is -8.78. The van der Waals surface area contributed by atoms with Gasteiger partial charge in [-0.15, -0.1) is 0 Å². The van der Waals surface area contributed by atoms with Crippen molar-refractivity contribution in [2.75, 3.05) is 4.90 Å². The third kappa shape index (κ3) is 5.59. The molecule has 0 amide bonds. The minimum Gasteiger partial charge on any atom is -0.310 e. The molecule has 0 N–H and O–H groups in total. The molecule has 1 heteroatoms. The van der Waals surface area contributed by atoms with Gasteiger partial charge in [-0.1, -0.05) is 237 Å². The van der Waals surface area contributed by atoms with Gasteiger partial charge in [0, 0.05) is 16.9 Å². The summed E-state index contributed by atoms with van der Waals surface area (Å²) < 4.78 is 0. The van der Waals surface area contributed by atoms with Crippen LogP contribution in [0.5, 0.6) is 0 Å². The van der Waals surface area contributed by atoms with Crippen LogP contribution < -0.4 is 4.90 Å². The molecule has 0 bridgehead atoms. The Morgan fingerprint density at radius 1 is 0.232 bits per heavy atom. The summed E-state index contributed by atoms with van der Waals surface area (Å²) >= 11 is 0. The van der Waals surface area contributed by atoms with Gasteiger partial charge < -0.3 is 4.90 Å². The number of hydrogen-bond acceptors (Lipinski definition) is 1. The van der Waals surface area contributed by atoms with Crippen LogP contribution in [-0.2, 0) is 10.8 Å². The Bertz CT molecular complexity index is 3690. The van der Waals surface area contributed by atoms with Crippen molar-refractivity contribution in [3.8, 4) is 55.6 Å². The molecule has 0 saturated carbocycles. The van der Waals surface area contributed by atoms with E-state index in [1.165, 1.54) is 100 Å². The Morgan fingerprint density at radius 2 is 0.638 bits per heavy atom. The van der Waals surface area contributed by atoms with Crippen LogP contribution in [0.25, 0.3) is 55.6 Å². The van der Waals surface area contributed by atoms with E-state index in [4.69, 9.17) is 0 Å². The number of nitrogens with zero attached hydrogens (tertiary/aromatic N) is 1. The van der Waals surface area contributed by atoms with Crippen LogP contribution in [-0.4, -0.2) is 0 Å². The summed E-state index contributed by atoms with van der Waals surface area (Å²) in [5, 5.41) is 0. The third-order valence-corrected chi connectivity index (χ3v) is 15.4. The minimum atomic E-state index is -0.490. The van der Waals surface area contributed by atoms with Crippen LogP contribution in [0.15, 0.2) is 273 Å². The van der Waals surface area contributed by atoms with Gasteiger partial charge in [-0.3, -0.25) is 0 Å². The quantitative estimate of drug-likeness (QED) is 0.154. The molecule has 0 aliphatic heterocycles. The molecular weight excluding hydrogens is 831 g/mol. The predicted molar refractivity (Wildman–Crippen MR) is 286 cm³/mol. The van der Waals surface area contributed by atoms with Crippen molar-refractivity contribution in [3.05, 3.63) is 317 Å². The van der Waals surface area contributed by atoms with Gasteiger partial charge in [-0.25, -0.2) is 0 Å². The molecular formula is C68H45N. The molecule has 0 heterocycles. The summed E-state index contributed by atoms with van der Waals surface area (Å²) in [7, 11) is 0. The van der Waals surface area contributed by atoms with Gasteiger partial charge in [0.2, 0.25) is 0 Å². The molecule has 3 aliphatic rings. The number of fused-ring (bicyclic) bond motifs is 13. The number of hydrogen-bond donors (Lipinski definition) is 0. The highest BCUT2D eigenvalue weighted by atomic mass is 15.1. The van der Waals surface area contributed by atoms with Crippen molar-refractivity contribution in [1.82, 2.24) is 0 Å². The van der Waals surface area contributed by atoms with Crippen LogP contribution in [0.4, 0.5) is 17.1 Å². The molecule has 11 aromatic carbocycles. The first kappa shape index (κ1) is 39.4. The minimum absolute atomic E-state index is 0.462. The average molecular weight is 876 g/mol. The highest BCUT2D eigenvalue weighted by Gasteiger charge is 2.52. The standard InChI is InChI=1S/C68H45N/c1-4-20-46(21-5-1)48-22-18-23-49(44-48)47-38-40-52(41-39-47)69(53-42-43-63-58(45-53)56-30-12-14-32-59(56)67(63,50-24-6-2-7-25-50)51-26-8-3-9-27-51)65-37-19-36-64-66(65)57-31-13-17-35-62(57)68(64)60-33-15-10-28-54(60)55-29-11-16-34-61(55)68/h1-45H. The largest absolute Gasteiger partial charge is 0.310 e. The molecule has 69 heavy (non-hydrogen) atoms. The second-order valence-corrected chi connectivity index (χ2v) is 18.7. The van der Waals surface area contributed by atoms with Crippen molar-refractivity contribution in [2.24, 2.45) is 0 Å². The van der Waals surface area contributed by atoms with E-state index in [0.717, 1.165) is 17.1 Å². The molecule has 14 rings (SSSR count). The van der Waals surface area contributed by atoms with Gasteiger partial charge in [-0.05, 0) is 131 Å². The summed E-state index contributed by atoms with van der Waals surface area (Å²) in [4.78, 5) is 2.53. The maximum Gasteiger partial charge on any atom is 0.0726 e. The van der Waals surface area contributed by atoms with Crippen LogP contribution in [0.1, 0.15) is 44.5 Å². The fraction of sp³-hybridized carbons (Fsp3) is 0.0294. The molecule has 0 radical (unpaired) electrons. The molecule has 1 nitrogen and oxygen atoms in total. The van der Waals surface area contributed by atoms with E-state index in [2.05, 4.69) is 278 Å². The van der Waals surface area contributed by atoms with Gasteiger partial charge in [0.15, 0.2) is 0 Å². The Labute approximate surface area is 403 Å². The highest BCUT2D eigenvalue weighted by molar-refractivity contribution is 6.02. The van der Waals surface area contributed by atoms with Crippen molar-refractivity contribution in [1.29, 1.82) is 0 Å². The Balaban J connectivity index is 1.01. The third-order valence-electron chi connectivity index (χ3n) is 15.4. The number of benzene rings is 11. The SMILES string of the molecule is c1ccc(-c2cccc(-c3ccc(N(c4ccc5c(c4)-c4ccccc4C5(c4ccccc4)c4ccccc4)c4cccc5c4-c4ccccc4C54c5ccccc5-c5ccccc54)cc3)c2)cc1. The molecule has 11 aromatic rings. The number of anilines is 3. The second-order valence-electron chi connectivity index (χ2n) is 18.7. The summed E-state index contributed by atoms with van der Waals surface area (Å²) in [6.07, 6.45) is 0. The van der Waals surface area contributed by atoms with Crippen LogP contribution in [0.2, 0.25) is 0 Å². The molecule has 3 aliphatic carbocycles. The average Bonchev–Trinajstić information content (AvgIpc) is 4.02. The summed E-state index contributed by atoms with van der Waals surface area (Å²) in [5.74, 6) is 0. The van der Waals surface area contributed by atoms with E-state index in [1.54, 1.807) is 0 Å². The van der Waals surface area contributed by atoms with E-state index < -0.39 is 10.8 Å². The summed E-state index contributed by atoms with van der Waals surface area (Å²) in [6.45, 7) is 0. The second kappa shape index (κ2) is 15.4. The lowest BCUT2D eigenvalue weighted by Crippen LogP contribution is -2.28. The van der Waals surface area contributed by atoms with E-state index in [1.807, 2.05) is 0 Å². The number of rotatable bonds is 7. The fourth-order valence-electron chi connectivity index (χ4n) is 12.6. The van der Waals surface area contributed by atoms with E-state index >= 15 is 0 Å². The Morgan fingerprint density at radius 3 is 1.23 bits per heavy atom. The molecule has 1 spiro atoms. The van der Waals surface area contributed by atoms with Gasteiger partial charge >= 0.3 is 0 Å². The predicted octanol–water partition coefficient (Wildman–Crippen LogP) is 17.2. The summed E-state index contributed by atoms with van der Waals surface area (Å²) in [5.41, 5.74) is 25.3. The lowest BCUT2D eigenvalue weighted by molar-refractivity contribution is 0.768. The topological polar surface area (TPSA) is 3.24 Å². The first-order valence-electron chi connectivity index (χ1n) is 24.1. The summed E-state index contributed by atoms with van der Waals surface area (Å²) in [6, 6.07) is 102. The molecule has 0 saturated heterocycles. The fourth-order valence-corrected chi connectivity index (χ4v) is 12.6. The molecule has 0 aromatic heterocycles. The zero-order valence-electron chi connectivity index (χ0n) is 37.9. The zero-order valence-corrected chi connectivity index (χ0v) is 37.9. The van der Waals surface area contributed by atoms with Gasteiger partial charge in [-0.2, -0.15) is 0 Å². The normalized spacial score (nSPS) is 13.7. The smallest absolute Gasteiger partial charge is 0.0726 e. The molecule has 322 valence electrons. The van der Waals surface area contributed by atoms with E-state index in [0.29, 0.717) is 0 Å². The first-order chi connectivity index (χ1) is 34.2. The van der Waals surface area contributed by atoms with Gasteiger partial charge in [0.25, 0.3) is 0 Å². The monoisotopic (exact) mass is 875 g/mol. The lowest BCUT2D eigenvalue weighted by atomic mass is 9.68. The van der Waals surface area contributed by atoms with Crippen LogP contribution >= 0.6 is 0 Å². The highest BCUT2D eigenvalue weighted by Crippen LogP contribution is 2.65. The van der Waals surface area contributed by atoms with E-state index in [-0.39, 0.29) is 0 Å². The maximum atomic E-state index is 2.53. The first-order valence-corrected chi connectivity index (χ1v) is 24.1. The van der Waals surface area contributed by atoms with E-state index in [9.17, 15) is 0 Å². The maximum absolute atomic E-state index is 2.53. The molecule has 0 atom stereocenters. The van der Waals surface area contributed by atoms with Crippen molar-refractivity contribution in [2.45, 2.75) is 10.8 Å². The van der Waals surface area contributed by atoms with Gasteiger partial charge in [0.05, 0.1) is 16.5 Å². The van der Waals surface area contributed by atoms with Crippen LogP contribution in [0, 0.1) is 0 Å². The Kier molecular flexibility index (Phi) is 8.78. The van der Waals surface area contributed by atoms with Crippen molar-refractivity contribution in [3.63, 3.8) is 0 Å². The van der Waals surface area contributed by atoms with Crippen LogP contribution in [0.3, 0.4) is 0 Å².